The van der Waals surface area contributed by atoms with E-state index in [1.54, 1.807) is 18.2 Å². The molecule has 1 saturated heterocycles. The maximum atomic E-state index is 11.9. The number of anilines is 1. The number of rotatable bonds is 3. The van der Waals surface area contributed by atoms with Crippen LogP contribution in [0.3, 0.4) is 0 Å². The zero-order valence-corrected chi connectivity index (χ0v) is 10.2. The summed E-state index contributed by atoms with van der Waals surface area (Å²) in [6.45, 7) is 2.12. The summed E-state index contributed by atoms with van der Waals surface area (Å²) >= 11 is 5.95. The molecule has 2 rings (SSSR count). The Morgan fingerprint density at radius 1 is 1.59 bits per heavy atom. The second-order valence-electron chi connectivity index (χ2n) is 4.18. The highest BCUT2D eigenvalue weighted by Crippen LogP contribution is 2.19. The topological polar surface area (TPSA) is 64.4 Å². The van der Waals surface area contributed by atoms with E-state index in [0.717, 1.165) is 19.6 Å². The van der Waals surface area contributed by atoms with Crippen molar-refractivity contribution < 1.29 is 9.53 Å². The number of ether oxygens (including phenoxy) is 1. The van der Waals surface area contributed by atoms with E-state index < -0.39 is 0 Å². The Balaban J connectivity index is 1.94. The highest BCUT2D eigenvalue weighted by Gasteiger charge is 2.17. The van der Waals surface area contributed by atoms with Gasteiger partial charge in [0.05, 0.1) is 17.2 Å². The third-order valence-corrected chi connectivity index (χ3v) is 3.13. The normalized spacial score (nSPS) is 19.2. The van der Waals surface area contributed by atoms with Crippen LogP contribution in [0.1, 0.15) is 16.8 Å². The number of nitrogens with one attached hydrogen (secondary N) is 1. The molecule has 0 saturated carbocycles. The number of nitrogens with two attached hydrogens (primary N) is 1. The minimum Gasteiger partial charge on any atom is -0.399 e. The molecular weight excluding hydrogens is 240 g/mol. The summed E-state index contributed by atoms with van der Waals surface area (Å²) in [6.07, 6.45) is 0.996. The van der Waals surface area contributed by atoms with Crippen LogP contribution in [0.25, 0.3) is 0 Å². The molecule has 0 aromatic heterocycles. The smallest absolute Gasteiger partial charge is 0.252 e. The van der Waals surface area contributed by atoms with E-state index in [0.29, 0.717) is 28.7 Å². The predicted octanol–water partition coefficient (Wildman–Crippen LogP) is 1.69. The molecule has 1 fully saturated rings. The van der Waals surface area contributed by atoms with Crippen LogP contribution in [0.2, 0.25) is 5.02 Å². The summed E-state index contributed by atoms with van der Waals surface area (Å²) in [5.41, 5.74) is 6.58. The largest absolute Gasteiger partial charge is 0.399 e. The standard InChI is InChI=1S/C12H15ClN2O2/c13-11-5-9(14)1-2-10(11)12(16)15-6-8-3-4-17-7-8/h1-2,5,8H,3-4,6-7,14H2,(H,15,16). The highest BCUT2D eigenvalue weighted by atomic mass is 35.5. The molecular formula is C12H15ClN2O2. The molecule has 1 aromatic carbocycles. The predicted molar refractivity (Wildman–Crippen MR) is 67.1 cm³/mol. The number of nitrogen functional groups attached to an aromatic ring is 1. The van der Waals surface area contributed by atoms with Crippen molar-refractivity contribution in [1.82, 2.24) is 5.32 Å². The van der Waals surface area contributed by atoms with Gasteiger partial charge in [-0.25, -0.2) is 0 Å². The van der Waals surface area contributed by atoms with Crippen LogP contribution in [0.5, 0.6) is 0 Å². The number of carbonyl (C=O) groups excluding carboxylic acids is 1. The molecule has 1 heterocycles. The Hall–Kier alpha value is -1.26. The Morgan fingerprint density at radius 3 is 3.06 bits per heavy atom. The van der Waals surface area contributed by atoms with E-state index in [1.165, 1.54) is 0 Å². The van der Waals surface area contributed by atoms with Gasteiger partial charge < -0.3 is 15.8 Å². The third-order valence-electron chi connectivity index (χ3n) is 2.81. The first-order valence-corrected chi connectivity index (χ1v) is 5.95. The summed E-state index contributed by atoms with van der Waals surface area (Å²) in [4.78, 5) is 11.9. The van der Waals surface area contributed by atoms with Crippen LogP contribution in [-0.4, -0.2) is 25.7 Å². The molecule has 3 N–H and O–H groups in total. The van der Waals surface area contributed by atoms with Crippen molar-refractivity contribution in [3.05, 3.63) is 28.8 Å². The zero-order chi connectivity index (χ0) is 12.3. The molecule has 0 aliphatic carbocycles. The van der Waals surface area contributed by atoms with Crippen LogP contribution >= 0.6 is 11.6 Å². The average molecular weight is 255 g/mol. The lowest BCUT2D eigenvalue weighted by molar-refractivity contribution is 0.0945. The molecule has 5 heteroatoms. The quantitative estimate of drug-likeness (QED) is 0.807. The maximum absolute atomic E-state index is 11.9. The van der Waals surface area contributed by atoms with Gasteiger partial charge in [-0.1, -0.05) is 11.6 Å². The van der Waals surface area contributed by atoms with E-state index in [9.17, 15) is 4.79 Å². The van der Waals surface area contributed by atoms with Gasteiger partial charge >= 0.3 is 0 Å². The van der Waals surface area contributed by atoms with Gasteiger partial charge in [0.2, 0.25) is 0 Å². The van der Waals surface area contributed by atoms with Gasteiger partial charge in [-0.3, -0.25) is 4.79 Å². The second-order valence-corrected chi connectivity index (χ2v) is 4.59. The van der Waals surface area contributed by atoms with Crippen molar-refractivity contribution in [1.29, 1.82) is 0 Å². The Kier molecular flexibility index (Phi) is 3.86. The molecule has 1 aliphatic rings. The van der Waals surface area contributed by atoms with Gasteiger partial charge in [0.25, 0.3) is 5.91 Å². The lowest BCUT2D eigenvalue weighted by Crippen LogP contribution is -2.29. The number of amides is 1. The van der Waals surface area contributed by atoms with Gasteiger partial charge in [-0.05, 0) is 24.6 Å². The second kappa shape index (κ2) is 5.38. The Morgan fingerprint density at radius 2 is 2.41 bits per heavy atom. The van der Waals surface area contributed by atoms with E-state index in [4.69, 9.17) is 22.1 Å². The first-order valence-electron chi connectivity index (χ1n) is 5.58. The fourth-order valence-electron chi connectivity index (χ4n) is 1.79. The maximum Gasteiger partial charge on any atom is 0.252 e. The Labute approximate surface area is 105 Å². The SMILES string of the molecule is Nc1ccc(C(=O)NCC2CCOC2)c(Cl)c1. The van der Waals surface area contributed by atoms with Crippen molar-refractivity contribution in [2.24, 2.45) is 5.92 Å². The van der Waals surface area contributed by atoms with Crippen molar-refractivity contribution in [3.8, 4) is 0 Å². The molecule has 1 aromatic rings. The van der Waals surface area contributed by atoms with Crippen LogP contribution in [-0.2, 0) is 4.74 Å². The number of carbonyl (C=O) groups is 1. The monoisotopic (exact) mass is 254 g/mol. The van der Waals surface area contributed by atoms with E-state index >= 15 is 0 Å². The van der Waals surface area contributed by atoms with Gasteiger partial charge in [0, 0.05) is 24.8 Å². The van der Waals surface area contributed by atoms with Gasteiger partial charge in [-0.2, -0.15) is 0 Å². The molecule has 1 amide bonds. The van der Waals surface area contributed by atoms with Crippen molar-refractivity contribution in [2.45, 2.75) is 6.42 Å². The van der Waals surface area contributed by atoms with Crippen LogP contribution in [0.15, 0.2) is 18.2 Å². The summed E-state index contributed by atoms with van der Waals surface area (Å²) < 4.78 is 5.24. The fraction of sp³-hybridized carbons (Fsp3) is 0.417. The van der Waals surface area contributed by atoms with Gasteiger partial charge in [0.15, 0.2) is 0 Å². The number of benzene rings is 1. The number of hydrogen-bond acceptors (Lipinski definition) is 3. The Bertz CT molecular complexity index is 417. The van der Waals surface area contributed by atoms with Crippen molar-refractivity contribution in [3.63, 3.8) is 0 Å². The molecule has 1 atom stereocenters. The minimum absolute atomic E-state index is 0.165. The molecule has 1 aliphatic heterocycles. The number of halogens is 1. The van der Waals surface area contributed by atoms with Gasteiger partial charge in [-0.15, -0.1) is 0 Å². The fourth-order valence-corrected chi connectivity index (χ4v) is 2.07. The van der Waals surface area contributed by atoms with Crippen LogP contribution < -0.4 is 11.1 Å². The van der Waals surface area contributed by atoms with Crippen LogP contribution in [0.4, 0.5) is 5.69 Å². The summed E-state index contributed by atoms with van der Waals surface area (Å²) in [5.74, 6) is 0.244. The average Bonchev–Trinajstić information content (AvgIpc) is 2.78. The summed E-state index contributed by atoms with van der Waals surface area (Å²) in [7, 11) is 0. The van der Waals surface area contributed by atoms with Gasteiger partial charge in [0.1, 0.15) is 0 Å². The van der Waals surface area contributed by atoms with Crippen molar-refractivity contribution >= 4 is 23.2 Å². The third kappa shape index (κ3) is 3.11. The van der Waals surface area contributed by atoms with E-state index in [-0.39, 0.29) is 5.91 Å². The summed E-state index contributed by atoms with van der Waals surface area (Å²) in [5, 5.41) is 3.24. The molecule has 1 unspecified atom stereocenters. The molecule has 0 bridgehead atoms. The first-order chi connectivity index (χ1) is 8.16. The molecule has 0 radical (unpaired) electrons. The number of hydrogen-bond donors (Lipinski definition) is 2. The minimum atomic E-state index is -0.165. The molecule has 17 heavy (non-hydrogen) atoms. The molecule has 0 spiro atoms. The lowest BCUT2D eigenvalue weighted by Gasteiger charge is -2.10. The lowest BCUT2D eigenvalue weighted by atomic mass is 10.1. The summed E-state index contributed by atoms with van der Waals surface area (Å²) in [6, 6.07) is 4.88. The van der Waals surface area contributed by atoms with E-state index in [1.807, 2.05) is 0 Å². The molecule has 92 valence electrons. The van der Waals surface area contributed by atoms with E-state index in [2.05, 4.69) is 5.32 Å². The first kappa shape index (κ1) is 12.2. The highest BCUT2D eigenvalue weighted by molar-refractivity contribution is 6.34. The zero-order valence-electron chi connectivity index (χ0n) is 9.41. The van der Waals surface area contributed by atoms with Crippen molar-refractivity contribution in [2.75, 3.05) is 25.5 Å². The van der Waals surface area contributed by atoms with Crippen LogP contribution in [0, 0.1) is 5.92 Å². The molecule has 4 nitrogen and oxygen atoms in total.